The van der Waals surface area contributed by atoms with Crippen molar-refractivity contribution in [3.63, 3.8) is 0 Å². The minimum atomic E-state index is -0.340. The second-order valence-electron chi connectivity index (χ2n) is 4.29. The molecule has 90 valence electrons. The molecule has 1 amide bonds. The third-order valence-electron chi connectivity index (χ3n) is 3.02. The molecule has 1 aromatic carbocycles. The molecule has 0 bridgehead atoms. The number of nitrogens with one attached hydrogen (secondary N) is 1. The van der Waals surface area contributed by atoms with Crippen LogP contribution < -0.4 is 5.32 Å². The number of hydrogen-bond donors (Lipinski definition) is 1. The monoisotopic (exact) mass is 313 g/mol. The van der Waals surface area contributed by atoms with Crippen LogP contribution in [0.25, 0.3) is 0 Å². The number of benzene rings is 1. The van der Waals surface area contributed by atoms with Crippen LogP contribution in [0.3, 0.4) is 0 Å². The first-order chi connectivity index (χ1) is 8.04. The molecule has 0 radical (unpaired) electrons. The van der Waals surface area contributed by atoms with Crippen molar-refractivity contribution in [2.24, 2.45) is 0 Å². The van der Waals surface area contributed by atoms with E-state index in [-0.39, 0.29) is 11.3 Å². The Morgan fingerprint density at radius 2 is 2.00 bits per heavy atom. The highest BCUT2D eigenvalue weighted by Gasteiger charge is 2.50. The zero-order chi connectivity index (χ0) is 12.5. The van der Waals surface area contributed by atoms with E-state index in [1.165, 1.54) is 0 Å². The lowest BCUT2D eigenvalue weighted by molar-refractivity contribution is -0.123. The van der Waals surface area contributed by atoms with Crippen molar-refractivity contribution in [3.05, 3.63) is 45.9 Å². The highest BCUT2D eigenvalue weighted by molar-refractivity contribution is 9.11. The zero-order valence-electron chi connectivity index (χ0n) is 9.30. The van der Waals surface area contributed by atoms with Gasteiger partial charge in [-0.25, -0.2) is 0 Å². The van der Waals surface area contributed by atoms with Gasteiger partial charge in [0.05, 0.1) is 5.41 Å². The maximum absolute atomic E-state index is 12.1. The van der Waals surface area contributed by atoms with E-state index < -0.39 is 0 Å². The summed E-state index contributed by atoms with van der Waals surface area (Å²) >= 11 is 9.08. The normalized spacial score (nSPS) is 16.4. The average Bonchev–Trinajstić information content (AvgIpc) is 3.08. The van der Waals surface area contributed by atoms with Crippen molar-refractivity contribution in [2.75, 3.05) is 6.54 Å². The minimum absolute atomic E-state index is 0.0698. The quantitative estimate of drug-likeness (QED) is 0.907. The molecule has 4 heteroatoms. The van der Waals surface area contributed by atoms with Crippen LogP contribution in [-0.2, 0) is 10.2 Å². The van der Waals surface area contributed by atoms with Crippen molar-refractivity contribution >= 4 is 33.4 Å². The lowest BCUT2D eigenvalue weighted by atomic mass is 9.95. The van der Waals surface area contributed by atoms with Gasteiger partial charge in [0.15, 0.2) is 0 Å². The Morgan fingerprint density at radius 1 is 1.41 bits per heavy atom. The molecule has 1 aromatic rings. The summed E-state index contributed by atoms with van der Waals surface area (Å²) < 4.78 is 0.776. The van der Waals surface area contributed by atoms with Crippen LogP contribution in [0.4, 0.5) is 0 Å². The summed E-state index contributed by atoms with van der Waals surface area (Å²) in [5.74, 6) is 0.0698. The summed E-state index contributed by atoms with van der Waals surface area (Å²) in [7, 11) is 0. The molecule has 0 atom stereocenters. The van der Waals surface area contributed by atoms with E-state index in [2.05, 4.69) is 27.8 Å². The number of carbonyl (C=O) groups is 1. The van der Waals surface area contributed by atoms with Gasteiger partial charge >= 0.3 is 0 Å². The highest BCUT2D eigenvalue weighted by Crippen LogP contribution is 2.48. The maximum Gasteiger partial charge on any atom is 0.230 e. The summed E-state index contributed by atoms with van der Waals surface area (Å²) in [5.41, 5.74) is 0.701. The third-order valence-corrected chi connectivity index (χ3v) is 3.55. The van der Waals surface area contributed by atoms with Crippen LogP contribution in [0.15, 0.2) is 35.3 Å². The molecular formula is C13H13BrClNO. The molecule has 1 aliphatic rings. The standard InChI is InChI=1S/C13H13BrClNO/c1-9(14)8-16-12(17)13(6-7-13)10-2-4-11(15)5-3-10/h2-5H,1,6-8H2,(H,16,17). The van der Waals surface area contributed by atoms with Crippen molar-refractivity contribution in [1.29, 1.82) is 0 Å². The Kier molecular flexibility index (Phi) is 3.59. The van der Waals surface area contributed by atoms with E-state index >= 15 is 0 Å². The fraction of sp³-hybridized carbons (Fsp3) is 0.308. The molecule has 1 saturated carbocycles. The van der Waals surface area contributed by atoms with Crippen LogP contribution in [0.2, 0.25) is 5.02 Å². The molecule has 17 heavy (non-hydrogen) atoms. The van der Waals surface area contributed by atoms with E-state index in [9.17, 15) is 4.79 Å². The van der Waals surface area contributed by atoms with Gasteiger partial charge < -0.3 is 5.32 Å². The number of rotatable bonds is 4. The summed E-state index contributed by atoms with van der Waals surface area (Å²) in [5, 5.41) is 3.57. The van der Waals surface area contributed by atoms with Crippen LogP contribution in [0.5, 0.6) is 0 Å². The van der Waals surface area contributed by atoms with Crippen molar-refractivity contribution in [3.8, 4) is 0 Å². The summed E-state index contributed by atoms with van der Waals surface area (Å²) in [6.45, 7) is 4.16. The third kappa shape index (κ3) is 2.72. The molecule has 0 aliphatic heterocycles. The van der Waals surface area contributed by atoms with E-state index in [1.807, 2.05) is 24.3 Å². The predicted octanol–water partition coefficient (Wildman–Crippen LogP) is 3.40. The van der Waals surface area contributed by atoms with Gasteiger partial charge in [0.25, 0.3) is 0 Å². The molecule has 1 N–H and O–H groups in total. The molecule has 2 rings (SSSR count). The number of halogens is 2. The molecule has 2 nitrogen and oxygen atoms in total. The van der Waals surface area contributed by atoms with Crippen LogP contribution in [0.1, 0.15) is 18.4 Å². The van der Waals surface area contributed by atoms with Crippen molar-refractivity contribution in [2.45, 2.75) is 18.3 Å². The smallest absolute Gasteiger partial charge is 0.230 e. The van der Waals surface area contributed by atoms with Crippen LogP contribution in [-0.4, -0.2) is 12.5 Å². The van der Waals surface area contributed by atoms with Crippen molar-refractivity contribution < 1.29 is 4.79 Å². The molecular weight excluding hydrogens is 302 g/mol. The van der Waals surface area contributed by atoms with Gasteiger partial charge in [0.1, 0.15) is 0 Å². The Labute approximate surface area is 114 Å². The average molecular weight is 315 g/mol. The molecule has 1 fully saturated rings. The second kappa shape index (κ2) is 4.83. The molecule has 0 aromatic heterocycles. The maximum atomic E-state index is 12.1. The Morgan fingerprint density at radius 3 is 2.47 bits per heavy atom. The summed E-state index contributed by atoms with van der Waals surface area (Å²) in [6.07, 6.45) is 1.80. The van der Waals surface area contributed by atoms with Gasteiger partial charge in [0.2, 0.25) is 5.91 Å². The number of hydrogen-bond acceptors (Lipinski definition) is 1. The molecule has 0 unspecified atom stereocenters. The van der Waals surface area contributed by atoms with E-state index in [0.29, 0.717) is 11.6 Å². The largest absolute Gasteiger partial charge is 0.351 e. The van der Waals surface area contributed by atoms with E-state index in [0.717, 1.165) is 22.9 Å². The minimum Gasteiger partial charge on any atom is -0.351 e. The van der Waals surface area contributed by atoms with E-state index in [4.69, 9.17) is 11.6 Å². The highest BCUT2D eigenvalue weighted by atomic mass is 79.9. The van der Waals surface area contributed by atoms with Gasteiger partial charge in [-0.2, -0.15) is 0 Å². The number of carbonyl (C=O) groups excluding carboxylic acids is 1. The Bertz CT molecular complexity index is 451. The number of amides is 1. The lowest BCUT2D eigenvalue weighted by Gasteiger charge is -2.15. The topological polar surface area (TPSA) is 29.1 Å². The van der Waals surface area contributed by atoms with Gasteiger partial charge in [-0.1, -0.05) is 46.2 Å². The zero-order valence-corrected chi connectivity index (χ0v) is 11.6. The first-order valence-electron chi connectivity index (χ1n) is 5.42. The SMILES string of the molecule is C=C(Br)CNC(=O)C1(c2ccc(Cl)cc2)CC1. The summed E-state index contributed by atoms with van der Waals surface area (Å²) in [4.78, 5) is 12.1. The predicted molar refractivity (Wildman–Crippen MR) is 73.4 cm³/mol. The Hall–Kier alpha value is -0.800. The molecule has 0 spiro atoms. The van der Waals surface area contributed by atoms with Crippen molar-refractivity contribution in [1.82, 2.24) is 5.32 Å². The Balaban J connectivity index is 2.11. The first-order valence-corrected chi connectivity index (χ1v) is 6.59. The lowest BCUT2D eigenvalue weighted by Crippen LogP contribution is -2.35. The van der Waals surface area contributed by atoms with Crippen LogP contribution >= 0.6 is 27.5 Å². The van der Waals surface area contributed by atoms with E-state index in [1.54, 1.807) is 0 Å². The second-order valence-corrected chi connectivity index (χ2v) is 5.85. The fourth-order valence-corrected chi connectivity index (χ4v) is 2.15. The van der Waals surface area contributed by atoms with Gasteiger partial charge in [0, 0.05) is 16.0 Å². The first kappa shape index (κ1) is 12.7. The fourth-order valence-electron chi connectivity index (χ4n) is 1.89. The molecule has 0 saturated heterocycles. The molecule has 1 aliphatic carbocycles. The van der Waals surface area contributed by atoms with Gasteiger partial charge in [-0.05, 0) is 30.5 Å². The summed E-state index contributed by atoms with van der Waals surface area (Å²) in [6, 6.07) is 7.51. The van der Waals surface area contributed by atoms with Crippen LogP contribution in [0, 0.1) is 0 Å². The van der Waals surface area contributed by atoms with Gasteiger partial charge in [-0.15, -0.1) is 0 Å². The molecule has 0 heterocycles. The van der Waals surface area contributed by atoms with Gasteiger partial charge in [-0.3, -0.25) is 4.79 Å².